The Balaban J connectivity index is 2.01. The van der Waals surface area contributed by atoms with Crippen molar-refractivity contribution in [2.45, 2.75) is 25.7 Å². The van der Waals surface area contributed by atoms with Crippen LogP contribution in [0.4, 0.5) is 4.79 Å². The number of methoxy groups -OCH3 is 2. The lowest BCUT2D eigenvalue weighted by Gasteiger charge is -2.36. The van der Waals surface area contributed by atoms with Gasteiger partial charge in [-0.2, -0.15) is 0 Å². The number of carbonyl (C=O) groups excluding carboxylic acids is 4. The van der Waals surface area contributed by atoms with Gasteiger partial charge in [0.05, 0.1) is 38.0 Å². The van der Waals surface area contributed by atoms with E-state index in [1.165, 1.54) is 19.1 Å². The minimum Gasteiger partial charge on any atom is -0.495 e. The van der Waals surface area contributed by atoms with Gasteiger partial charge in [-0.25, -0.2) is 4.79 Å². The largest absolute Gasteiger partial charge is 0.495 e. The van der Waals surface area contributed by atoms with Gasteiger partial charge in [-0.05, 0) is 25.5 Å². The number of fused-ring (bicyclic) bond motifs is 1. The number of para-hydroxylation sites is 1. The van der Waals surface area contributed by atoms with E-state index in [0.29, 0.717) is 24.0 Å². The Morgan fingerprint density at radius 1 is 1.06 bits per heavy atom. The Hall–Kier alpha value is -3.89. The molecule has 2 heterocycles. The van der Waals surface area contributed by atoms with Crippen molar-refractivity contribution in [1.82, 2.24) is 14.8 Å². The highest BCUT2D eigenvalue weighted by molar-refractivity contribution is 6.04. The van der Waals surface area contributed by atoms with Crippen molar-refractivity contribution in [1.29, 1.82) is 0 Å². The molecule has 11 nitrogen and oxygen atoms in total. The van der Waals surface area contributed by atoms with Crippen LogP contribution in [0.5, 0.6) is 5.75 Å². The third-order valence-electron chi connectivity index (χ3n) is 5.93. The first-order chi connectivity index (χ1) is 16.8. The van der Waals surface area contributed by atoms with E-state index in [-0.39, 0.29) is 55.5 Å². The summed E-state index contributed by atoms with van der Waals surface area (Å²) >= 11 is 0. The van der Waals surface area contributed by atoms with Crippen molar-refractivity contribution in [3.8, 4) is 5.75 Å². The number of rotatable bonds is 8. The molecule has 1 aliphatic heterocycles. The second-order valence-corrected chi connectivity index (χ2v) is 7.97. The Bertz CT molecular complexity index is 1110. The molecule has 0 bridgehead atoms. The van der Waals surface area contributed by atoms with Crippen molar-refractivity contribution in [2.75, 3.05) is 47.0 Å². The molecule has 1 aromatic carbocycles. The maximum atomic E-state index is 13.7. The van der Waals surface area contributed by atoms with Crippen LogP contribution in [-0.4, -0.2) is 85.7 Å². The quantitative estimate of drug-likeness (QED) is 0.556. The summed E-state index contributed by atoms with van der Waals surface area (Å²) in [6.45, 7) is 3.12. The summed E-state index contributed by atoms with van der Waals surface area (Å²) in [6, 6.07) is 7.05. The normalized spacial score (nSPS) is 14.4. The van der Waals surface area contributed by atoms with E-state index in [2.05, 4.69) is 4.98 Å². The highest BCUT2D eigenvalue weighted by Gasteiger charge is 2.35. The summed E-state index contributed by atoms with van der Waals surface area (Å²) in [4.78, 5) is 58.0. The summed E-state index contributed by atoms with van der Waals surface area (Å²) in [5, 5.41) is 0.578. The molecular formula is C24H30N4O7. The van der Waals surface area contributed by atoms with E-state index in [0.717, 1.165) is 0 Å². The standard InChI is InChI=1S/C24H30N4O7/c1-4-35-24(32)28-13-11-27(12-14-28)23(31)16(9-10-18(29)33-2)20-19(22(25)30)21(34-3)15-7-5-6-8-17(15)26-20/h5-8,16H,4,9-14H2,1-3H3,(H2,25,30). The van der Waals surface area contributed by atoms with Crippen molar-refractivity contribution in [3.63, 3.8) is 0 Å². The van der Waals surface area contributed by atoms with E-state index in [9.17, 15) is 19.2 Å². The summed E-state index contributed by atoms with van der Waals surface area (Å²) < 4.78 is 15.3. The molecule has 2 aromatic rings. The number of ether oxygens (including phenoxy) is 3. The van der Waals surface area contributed by atoms with Gasteiger partial charge in [-0.3, -0.25) is 19.4 Å². The number of primary amides is 1. The third kappa shape index (κ3) is 5.61. The summed E-state index contributed by atoms with van der Waals surface area (Å²) in [7, 11) is 2.68. The number of benzene rings is 1. The van der Waals surface area contributed by atoms with Crippen LogP contribution < -0.4 is 10.5 Å². The third-order valence-corrected chi connectivity index (χ3v) is 5.93. The van der Waals surface area contributed by atoms with Gasteiger partial charge in [-0.15, -0.1) is 0 Å². The molecule has 0 saturated carbocycles. The molecule has 0 aliphatic carbocycles. The maximum absolute atomic E-state index is 13.7. The summed E-state index contributed by atoms with van der Waals surface area (Å²) in [5.41, 5.74) is 6.40. The van der Waals surface area contributed by atoms with Crippen LogP contribution in [0.25, 0.3) is 10.9 Å². The average Bonchev–Trinajstić information content (AvgIpc) is 2.87. The summed E-state index contributed by atoms with van der Waals surface area (Å²) in [6.07, 6.45) is -0.442. The number of aromatic nitrogens is 1. The van der Waals surface area contributed by atoms with Gasteiger partial charge >= 0.3 is 12.1 Å². The van der Waals surface area contributed by atoms with Crippen LogP contribution in [0, 0.1) is 0 Å². The monoisotopic (exact) mass is 486 g/mol. The first kappa shape index (κ1) is 25.7. The Morgan fingerprint density at radius 2 is 1.71 bits per heavy atom. The lowest BCUT2D eigenvalue weighted by Crippen LogP contribution is -2.52. The SMILES string of the molecule is CCOC(=O)N1CCN(C(=O)C(CCC(=O)OC)c2nc3ccccc3c(OC)c2C(N)=O)CC1. The predicted octanol–water partition coefficient (Wildman–Crippen LogP) is 1.68. The van der Waals surface area contributed by atoms with Crippen LogP contribution in [0.1, 0.15) is 41.7 Å². The van der Waals surface area contributed by atoms with E-state index in [1.807, 2.05) is 0 Å². The van der Waals surface area contributed by atoms with Gasteiger partial charge < -0.3 is 29.7 Å². The van der Waals surface area contributed by atoms with Gasteiger partial charge in [-0.1, -0.05) is 12.1 Å². The molecule has 0 radical (unpaired) electrons. The van der Waals surface area contributed by atoms with Gasteiger partial charge in [0.25, 0.3) is 5.91 Å². The summed E-state index contributed by atoms with van der Waals surface area (Å²) in [5.74, 6) is -2.35. The number of piperazine rings is 1. The van der Waals surface area contributed by atoms with Gasteiger partial charge in [0.2, 0.25) is 5.91 Å². The fourth-order valence-corrected chi connectivity index (χ4v) is 4.19. The molecule has 188 valence electrons. The van der Waals surface area contributed by atoms with E-state index < -0.39 is 23.9 Å². The number of carbonyl (C=O) groups is 4. The number of nitrogens with two attached hydrogens (primary N) is 1. The first-order valence-electron chi connectivity index (χ1n) is 11.4. The molecule has 3 rings (SSSR count). The van der Waals surface area contributed by atoms with Crippen LogP contribution in [-0.2, 0) is 19.1 Å². The number of hydrogen-bond acceptors (Lipinski definition) is 8. The van der Waals surface area contributed by atoms with Crippen molar-refractivity contribution in [3.05, 3.63) is 35.5 Å². The van der Waals surface area contributed by atoms with Crippen LogP contribution >= 0.6 is 0 Å². The fraction of sp³-hybridized carbons (Fsp3) is 0.458. The Labute approximate surface area is 203 Å². The fourth-order valence-electron chi connectivity index (χ4n) is 4.19. The van der Waals surface area contributed by atoms with Gasteiger partial charge in [0, 0.05) is 38.0 Å². The number of esters is 1. The highest BCUT2D eigenvalue weighted by Crippen LogP contribution is 2.36. The molecule has 35 heavy (non-hydrogen) atoms. The molecule has 1 unspecified atom stereocenters. The topological polar surface area (TPSA) is 141 Å². The minimum absolute atomic E-state index is 0.000393. The van der Waals surface area contributed by atoms with Crippen LogP contribution in [0.2, 0.25) is 0 Å². The van der Waals surface area contributed by atoms with Crippen molar-refractivity contribution < 1.29 is 33.4 Å². The smallest absolute Gasteiger partial charge is 0.409 e. The predicted molar refractivity (Wildman–Crippen MR) is 126 cm³/mol. The zero-order valence-corrected chi connectivity index (χ0v) is 20.1. The van der Waals surface area contributed by atoms with Crippen LogP contribution in [0.3, 0.4) is 0 Å². The molecule has 1 atom stereocenters. The van der Waals surface area contributed by atoms with Crippen LogP contribution in [0.15, 0.2) is 24.3 Å². The second-order valence-electron chi connectivity index (χ2n) is 7.97. The maximum Gasteiger partial charge on any atom is 0.409 e. The molecule has 0 spiro atoms. The lowest BCUT2D eigenvalue weighted by molar-refractivity contribution is -0.141. The van der Waals surface area contributed by atoms with E-state index in [4.69, 9.17) is 19.9 Å². The zero-order valence-electron chi connectivity index (χ0n) is 20.1. The second kappa shape index (κ2) is 11.5. The first-order valence-corrected chi connectivity index (χ1v) is 11.4. The molecule has 1 saturated heterocycles. The average molecular weight is 487 g/mol. The lowest BCUT2D eigenvalue weighted by atomic mass is 9.91. The van der Waals surface area contributed by atoms with Gasteiger partial charge in [0.15, 0.2) is 0 Å². The Kier molecular flexibility index (Phi) is 8.45. The molecule has 1 aliphatic rings. The number of nitrogens with zero attached hydrogens (tertiary/aromatic N) is 3. The number of pyridine rings is 1. The Morgan fingerprint density at radius 3 is 2.31 bits per heavy atom. The number of hydrogen-bond donors (Lipinski definition) is 1. The molecule has 11 heteroatoms. The number of amides is 3. The van der Waals surface area contributed by atoms with E-state index >= 15 is 0 Å². The van der Waals surface area contributed by atoms with Crippen molar-refractivity contribution >= 4 is 34.8 Å². The highest BCUT2D eigenvalue weighted by atomic mass is 16.6. The molecule has 1 aromatic heterocycles. The van der Waals surface area contributed by atoms with Crippen molar-refractivity contribution in [2.24, 2.45) is 5.73 Å². The molecular weight excluding hydrogens is 456 g/mol. The van der Waals surface area contributed by atoms with Gasteiger partial charge in [0.1, 0.15) is 11.3 Å². The van der Waals surface area contributed by atoms with E-state index in [1.54, 1.807) is 36.1 Å². The molecule has 1 fully saturated rings. The zero-order chi connectivity index (χ0) is 25.5. The molecule has 2 N–H and O–H groups in total. The minimum atomic E-state index is -0.954. The molecule has 3 amide bonds.